The molecular weight excluding hydrogens is 308 g/mol. The standard InChI is InChI=1S/C14H25BrN2S/c1-11(2)9-17(12(3)4)6-5-16-8-14-7-13(15)10-18-14/h7,10-12,16H,5-6,8-9H2,1-4H3. The van der Waals surface area contributed by atoms with Crippen molar-refractivity contribution in [1.29, 1.82) is 0 Å². The molecule has 0 aliphatic carbocycles. The van der Waals surface area contributed by atoms with Gasteiger partial charge in [0.2, 0.25) is 0 Å². The summed E-state index contributed by atoms with van der Waals surface area (Å²) in [6.45, 7) is 13.5. The third-order valence-electron chi connectivity index (χ3n) is 2.83. The molecule has 1 N–H and O–H groups in total. The van der Waals surface area contributed by atoms with E-state index in [2.05, 4.69) is 65.3 Å². The molecule has 0 aliphatic heterocycles. The summed E-state index contributed by atoms with van der Waals surface area (Å²) < 4.78 is 1.19. The molecule has 4 heteroatoms. The van der Waals surface area contributed by atoms with E-state index in [1.165, 1.54) is 15.9 Å². The Morgan fingerprint density at radius 3 is 2.56 bits per heavy atom. The van der Waals surface area contributed by atoms with Crippen molar-refractivity contribution in [2.24, 2.45) is 5.92 Å². The first kappa shape index (κ1) is 16.2. The van der Waals surface area contributed by atoms with E-state index in [-0.39, 0.29) is 0 Å². The molecule has 0 radical (unpaired) electrons. The predicted molar refractivity (Wildman–Crippen MR) is 85.3 cm³/mol. The van der Waals surface area contributed by atoms with Gasteiger partial charge in [-0.15, -0.1) is 11.3 Å². The molecule has 1 aromatic rings. The second kappa shape index (κ2) is 8.31. The topological polar surface area (TPSA) is 15.3 Å². The number of halogens is 1. The Morgan fingerprint density at radius 1 is 1.33 bits per heavy atom. The first-order valence-electron chi connectivity index (χ1n) is 6.66. The van der Waals surface area contributed by atoms with Crippen LogP contribution in [0, 0.1) is 5.92 Å². The van der Waals surface area contributed by atoms with Crippen LogP contribution in [-0.4, -0.2) is 30.6 Å². The zero-order valence-electron chi connectivity index (χ0n) is 11.9. The third-order valence-corrected chi connectivity index (χ3v) is 4.52. The van der Waals surface area contributed by atoms with Crippen molar-refractivity contribution in [3.05, 3.63) is 20.8 Å². The summed E-state index contributed by atoms with van der Waals surface area (Å²) in [5.74, 6) is 0.737. The molecule has 0 amide bonds. The summed E-state index contributed by atoms with van der Waals surface area (Å²) >= 11 is 5.29. The highest BCUT2D eigenvalue weighted by molar-refractivity contribution is 9.10. The summed E-state index contributed by atoms with van der Waals surface area (Å²) in [6, 6.07) is 2.82. The van der Waals surface area contributed by atoms with Crippen LogP contribution in [0.15, 0.2) is 15.9 Å². The largest absolute Gasteiger partial charge is 0.311 e. The van der Waals surface area contributed by atoms with Gasteiger partial charge in [-0.1, -0.05) is 13.8 Å². The smallest absolute Gasteiger partial charge is 0.0300 e. The quantitative estimate of drug-likeness (QED) is 0.724. The highest BCUT2D eigenvalue weighted by atomic mass is 79.9. The van der Waals surface area contributed by atoms with Crippen LogP contribution in [0.2, 0.25) is 0 Å². The van der Waals surface area contributed by atoms with Crippen LogP contribution in [-0.2, 0) is 6.54 Å². The van der Waals surface area contributed by atoms with Gasteiger partial charge >= 0.3 is 0 Å². The second-order valence-electron chi connectivity index (χ2n) is 5.39. The molecule has 0 saturated carbocycles. The maximum Gasteiger partial charge on any atom is 0.0300 e. The Bertz CT molecular complexity index is 336. The van der Waals surface area contributed by atoms with E-state index in [0.29, 0.717) is 6.04 Å². The Balaban J connectivity index is 2.22. The van der Waals surface area contributed by atoms with Crippen molar-refractivity contribution in [2.75, 3.05) is 19.6 Å². The minimum Gasteiger partial charge on any atom is -0.311 e. The summed E-state index contributed by atoms with van der Waals surface area (Å²) in [4.78, 5) is 3.93. The van der Waals surface area contributed by atoms with E-state index >= 15 is 0 Å². The SMILES string of the molecule is CC(C)CN(CCNCc1cc(Br)cs1)C(C)C. The van der Waals surface area contributed by atoms with Crippen LogP contribution in [0.25, 0.3) is 0 Å². The molecule has 0 spiro atoms. The molecule has 0 unspecified atom stereocenters. The third kappa shape index (κ3) is 6.32. The Hall–Kier alpha value is 0.1000. The summed E-state index contributed by atoms with van der Waals surface area (Å²) in [6.07, 6.45) is 0. The van der Waals surface area contributed by atoms with E-state index in [1.54, 1.807) is 11.3 Å². The number of rotatable bonds is 8. The number of thiophene rings is 1. The van der Waals surface area contributed by atoms with E-state index in [4.69, 9.17) is 0 Å². The zero-order chi connectivity index (χ0) is 13.5. The molecule has 0 saturated heterocycles. The van der Waals surface area contributed by atoms with Gasteiger partial charge in [-0.05, 0) is 41.8 Å². The van der Waals surface area contributed by atoms with Crippen LogP contribution in [0.5, 0.6) is 0 Å². The zero-order valence-corrected chi connectivity index (χ0v) is 14.3. The maximum absolute atomic E-state index is 3.52. The lowest BCUT2D eigenvalue weighted by atomic mass is 10.2. The molecule has 0 atom stereocenters. The van der Waals surface area contributed by atoms with E-state index < -0.39 is 0 Å². The van der Waals surface area contributed by atoms with Gasteiger partial charge in [0.15, 0.2) is 0 Å². The fourth-order valence-corrected chi connectivity index (χ4v) is 3.33. The molecule has 18 heavy (non-hydrogen) atoms. The van der Waals surface area contributed by atoms with Gasteiger partial charge in [0, 0.05) is 47.0 Å². The van der Waals surface area contributed by atoms with E-state index in [0.717, 1.165) is 25.6 Å². The van der Waals surface area contributed by atoms with Gasteiger partial charge in [0.1, 0.15) is 0 Å². The van der Waals surface area contributed by atoms with Crippen molar-refractivity contribution in [1.82, 2.24) is 10.2 Å². The van der Waals surface area contributed by atoms with Crippen LogP contribution in [0.3, 0.4) is 0 Å². The average molecular weight is 333 g/mol. The number of nitrogens with zero attached hydrogens (tertiary/aromatic N) is 1. The van der Waals surface area contributed by atoms with Gasteiger partial charge in [0.05, 0.1) is 0 Å². The maximum atomic E-state index is 3.52. The van der Waals surface area contributed by atoms with Gasteiger partial charge < -0.3 is 5.32 Å². The van der Waals surface area contributed by atoms with Gasteiger partial charge in [-0.25, -0.2) is 0 Å². The highest BCUT2D eigenvalue weighted by Gasteiger charge is 2.10. The first-order valence-corrected chi connectivity index (χ1v) is 8.34. The molecule has 1 rings (SSSR count). The second-order valence-corrected chi connectivity index (χ2v) is 7.30. The van der Waals surface area contributed by atoms with Crippen LogP contribution in [0.4, 0.5) is 0 Å². The van der Waals surface area contributed by atoms with E-state index in [9.17, 15) is 0 Å². The van der Waals surface area contributed by atoms with Crippen LogP contribution < -0.4 is 5.32 Å². The first-order chi connectivity index (χ1) is 8.49. The number of hydrogen-bond donors (Lipinski definition) is 1. The lowest BCUT2D eigenvalue weighted by Crippen LogP contribution is -2.39. The summed E-state index contributed by atoms with van der Waals surface area (Å²) in [7, 11) is 0. The summed E-state index contributed by atoms with van der Waals surface area (Å²) in [5, 5.41) is 5.66. The van der Waals surface area contributed by atoms with Crippen molar-refractivity contribution < 1.29 is 0 Å². The molecular formula is C14H25BrN2S. The molecule has 0 aromatic carbocycles. The molecule has 1 heterocycles. The minimum absolute atomic E-state index is 0.630. The minimum atomic E-state index is 0.630. The summed E-state index contributed by atoms with van der Waals surface area (Å²) in [5.41, 5.74) is 0. The Kier molecular flexibility index (Phi) is 7.46. The normalized spacial score (nSPS) is 12.0. The predicted octanol–water partition coefficient (Wildman–Crippen LogP) is 3.97. The van der Waals surface area contributed by atoms with Crippen LogP contribution >= 0.6 is 27.3 Å². The molecule has 2 nitrogen and oxygen atoms in total. The molecule has 0 bridgehead atoms. The molecule has 1 aromatic heterocycles. The molecule has 0 aliphatic rings. The van der Waals surface area contributed by atoms with E-state index in [1.807, 2.05) is 0 Å². The fourth-order valence-electron chi connectivity index (χ4n) is 1.91. The lowest BCUT2D eigenvalue weighted by molar-refractivity contribution is 0.198. The van der Waals surface area contributed by atoms with Crippen molar-refractivity contribution in [3.8, 4) is 0 Å². The highest BCUT2D eigenvalue weighted by Crippen LogP contribution is 2.19. The Labute approximate surface area is 124 Å². The van der Waals surface area contributed by atoms with Crippen molar-refractivity contribution in [2.45, 2.75) is 40.3 Å². The molecule has 0 fully saturated rings. The van der Waals surface area contributed by atoms with Crippen molar-refractivity contribution >= 4 is 27.3 Å². The van der Waals surface area contributed by atoms with Crippen LogP contribution in [0.1, 0.15) is 32.6 Å². The monoisotopic (exact) mass is 332 g/mol. The van der Waals surface area contributed by atoms with Crippen molar-refractivity contribution in [3.63, 3.8) is 0 Å². The molecule has 104 valence electrons. The van der Waals surface area contributed by atoms with Gasteiger partial charge in [0.25, 0.3) is 0 Å². The number of hydrogen-bond acceptors (Lipinski definition) is 3. The Morgan fingerprint density at radius 2 is 2.06 bits per heavy atom. The fraction of sp³-hybridized carbons (Fsp3) is 0.714. The van der Waals surface area contributed by atoms with Gasteiger partial charge in [-0.3, -0.25) is 4.90 Å². The average Bonchev–Trinajstić information content (AvgIpc) is 2.68. The number of nitrogens with one attached hydrogen (secondary N) is 1. The lowest BCUT2D eigenvalue weighted by Gasteiger charge is -2.28. The van der Waals surface area contributed by atoms with Gasteiger partial charge in [-0.2, -0.15) is 0 Å².